The Morgan fingerprint density at radius 2 is 1.67 bits per heavy atom. The normalized spacial score (nSPS) is 12.9. The summed E-state index contributed by atoms with van der Waals surface area (Å²) < 4.78 is 100. The second kappa shape index (κ2) is 11.2. The largest absolute Gasteiger partial charge is 0.461 e. The van der Waals surface area contributed by atoms with Gasteiger partial charge in [-0.3, -0.25) is 0 Å². The Labute approximate surface area is 204 Å². The highest BCUT2D eigenvalue weighted by Crippen LogP contribution is 2.29. The third kappa shape index (κ3) is 7.59. The van der Waals surface area contributed by atoms with Gasteiger partial charge in [-0.2, -0.15) is 35.7 Å². The summed E-state index contributed by atoms with van der Waals surface area (Å²) in [5, 5.41) is 10.1. The zero-order valence-corrected chi connectivity index (χ0v) is 18.7. The molecule has 0 fully saturated rings. The molecule has 1 atom stereocenters. The predicted octanol–water partition coefficient (Wildman–Crippen LogP) is 6.09. The molecule has 14 heteroatoms. The van der Waals surface area contributed by atoms with Crippen molar-refractivity contribution in [2.75, 3.05) is 11.4 Å². The molecule has 0 saturated heterocycles. The van der Waals surface area contributed by atoms with Crippen LogP contribution in [0.4, 0.5) is 36.7 Å². The van der Waals surface area contributed by atoms with Crippen LogP contribution < -0.4 is 14.4 Å². The second-order valence-electron chi connectivity index (χ2n) is 7.30. The van der Waals surface area contributed by atoms with E-state index in [1.165, 1.54) is 48.7 Å². The molecule has 1 unspecified atom stereocenters. The molecule has 6 nitrogen and oxygen atoms in total. The van der Waals surface area contributed by atoms with Crippen LogP contribution in [0.15, 0.2) is 60.8 Å². The number of anilines is 1. The van der Waals surface area contributed by atoms with Crippen LogP contribution in [0.2, 0.25) is 5.02 Å². The molecule has 0 saturated carbocycles. The summed E-state index contributed by atoms with van der Waals surface area (Å²) in [6.45, 7) is -1.47. The number of aliphatic hydroxyl groups excluding tert-OH is 1. The van der Waals surface area contributed by atoms with E-state index in [2.05, 4.69) is 14.7 Å². The molecule has 194 valence electrons. The van der Waals surface area contributed by atoms with Crippen molar-refractivity contribution in [3.8, 4) is 17.4 Å². The molecule has 3 rings (SSSR count). The van der Waals surface area contributed by atoms with Gasteiger partial charge in [-0.15, -0.1) is 0 Å². The van der Waals surface area contributed by atoms with E-state index in [1.807, 2.05) is 0 Å². The molecule has 3 aromatic rings. The van der Waals surface area contributed by atoms with Gasteiger partial charge in [-0.25, -0.2) is 4.98 Å². The van der Waals surface area contributed by atoms with Crippen molar-refractivity contribution >= 4 is 17.5 Å². The first kappa shape index (κ1) is 27.3. The van der Waals surface area contributed by atoms with E-state index in [1.54, 1.807) is 0 Å². The van der Waals surface area contributed by atoms with Crippen molar-refractivity contribution in [3.05, 3.63) is 71.4 Å². The monoisotopic (exact) mass is 539 g/mol. The van der Waals surface area contributed by atoms with E-state index in [9.17, 15) is 35.8 Å². The molecule has 36 heavy (non-hydrogen) atoms. The van der Waals surface area contributed by atoms with Crippen molar-refractivity contribution < 1.29 is 45.3 Å². The fourth-order valence-corrected chi connectivity index (χ4v) is 2.95. The molecule has 0 spiro atoms. The molecule has 1 N–H and O–H groups in total. The van der Waals surface area contributed by atoms with Crippen molar-refractivity contribution in [3.63, 3.8) is 0 Å². The lowest BCUT2D eigenvalue weighted by Crippen LogP contribution is -2.41. The zero-order chi connectivity index (χ0) is 26.5. The van der Waals surface area contributed by atoms with E-state index in [4.69, 9.17) is 16.3 Å². The van der Waals surface area contributed by atoms with Crippen LogP contribution in [-0.2, 0) is 6.54 Å². The smallest absolute Gasteiger partial charge is 0.439 e. The summed E-state index contributed by atoms with van der Waals surface area (Å²) in [5.41, 5.74) is 0.0829. The van der Waals surface area contributed by atoms with Gasteiger partial charge in [0.25, 0.3) is 0 Å². The Hall–Kier alpha value is -3.32. The second-order valence-corrected chi connectivity index (χ2v) is 7.74. The highest BCUT2D eigenvalue weighted by molar-refractivity contribution is 6.30. The van der Waals surface area contributed by atoms with Crippen LogP contribution in [0.1, 0.15) is 5.56 Å². The molecule has 0 aliphatic carbocycles. The first-order valence-corrected chi connectivity index (χ1v) is 10.4. The standard InChI is InChI=1S/C22H17ClF7N3O3/c23-14-4-6-15(7-5-14)35-18-8-9-31-20(32-18)33(12-17(34)21(26,27)28)11-13-2-1-3-16(10-13)36-22(29,30)19(24)25/h1-10,17,19,34H,11-12H2. The van der Waals surface area contributed by atoms with Gasteiger partial charge in [0.1, 0.15) is 11.5 Å². The van der Waals surface area contributed by atoms with Gasteiger partial charge in [0.15, 0.2) is 6.10 Å². The van der Waals surface area contributed by atoms with Crippen molar-refractivity contribution in [1.29, 1.82) is 0 Å². The first-order valence-electron chi connectivity index (χ1n) is 10.0. The third-order valence-corrected chi connectivity index (χ3v) is 4.74. The summed E-state index contributed by atoms with van der Waals surface area (Å²) in [6.07, 6.45) is -15.5. The van der Waals surface area contributed by atoms with Crippen LogP contribution in [0.5, 0.6) is 17.4 Å². The molecule has 0 aliphatic rings. The minimum Gasteiger partial charge on any atom is -0.439 e. The average molecular weight is 540 g/mol. The number of hydrogen-bond donors (Lipinski definition) is 1. The fraction of sp³-hybridized carbons (Fsp3) is 0.273. The maximum Gasteiger partial charge on any atom is 0.461 e. The van der Waals surface area contributed by atoms with Gasteiger partial charge < -0.3 is 19.5 Å². The summed E-state index contributed by atoms with van der Waals surface area (Å²) in [6, 6.07) is 11.9. The van der Waals surface area contributed by atoms with Crippen LogP contribution in [-0.4, -0.2) is 46.4 Å². The molecule has 0 bridgehead atoms. The number of rotatable bonds is 10. The Kier molecular flexibility index (Phi) is 8.46. The number of aliphatic hydroxyl groups is 1. The quantitative estimate of drug-likeness (QED) is 0.315. The maximum atomic E-state index is 13.3. The lowest BCUT2D eigenvalue weighted by atomic mass is 10.2. The number of halogens is 8. The van der Waals surface area contributed by atoms with Crippen LogP contribution >= 0.6 is 11.6 Å². The number of hydrogen-bond acceptors (Lipinski definition) is 6. The Morgan fingerprint density at radius 1 is 0.972 bits per heavy atom. The van der Waals surface area contributed by atoms with E-state index in [0.717, 1.165) is 17.0 Å². The molecule has 2 aromatic carbocycles. The van der Waals surface area contributed by atoms with E-state index >= 15 is 0 Å². The van der Waals surface area contributed by atoms with Crippen LogP contribution in [0.25, 0.3) is 0 Å². The first-order chi connectivity index (χ1) is 16.8. The summed E-state index contributed by atoms with van der Waals surface area (Å²) >= 11 is 5.81. The lowest BCUT2D eigenvalue weighted by Gasteiger charge is -2.27. The van der Waals surface area contributed by atoms with Crippen molar-refractivity contribution in [2.45, 2.75) is 31.4 Å². The molecule has 0 aliphatic heterocycles. The van der Waals surface area contributed by atoms with Gasteiger partial charge >= 0.3 is 18.7 Å². The van der Waals surface area contributed by atoms with E-state index in [0.29, 0.717) is 10.8 Å². The van der Waals surface area contributed by atoms with Gasteiger partial charge in [-0.05, 0) is 42.0 Å². The summed E-state index contributed by atoms with van der Waals surface area (Å²) in [7, 11) is 0. The highest BCUT2D eigenvalue weighted by atomic mass is 35.5. The van der Waals surface area contributed by atoms with E-state index in [-0.39, 0.29) is 17.4 Å². The van der Waals surface area contributed by atoms with Crippen molar-refractivity contribution in [2.24, 2.45) is 0 Å². The Bertz CT molecular complexity index is 1150. The summed E-state index contributed by atoms with van der Waals surface area (Å²) in [5.74, 6) is -0.679. The number of benzene rings is 2. The lowest BCUT2D eigenvalue weighted by molar-refractivity contribution is -0.253. The molecule has 1 heterocycles. The number of alkyl halides is 7. The van der Waals surface area contributed by atoms with Gasteiger partial charge in [0.2, 0.25) is 11.8 Å². The average Bonchev–Trinajstić information content (AvgIpc) is 2.79. The molecular weight excluding hydrogens is 523 g/mol. The topological polar surface area (TPSA) is 67.7 Å². The minimum atomic E-state index is -4.99. The van der Waals surface area contributed by atoms with Crippen LogP contribution in [0.3, 0.4) is 0 Å². The highest BCUT2D eigenvalue weighted by Gasteiger charge is 2.44. The molecule has 1 aromatic heterocycles. The number of nitrogens with zero attached hydrogens (tertiary/aromatic N) is 3. The zero-order valence-electron chi connectivity index (χ0n) is 18.0. The van der Waals surface area contributed by atoms with Gasteiger partial charge in [0.05, 0.1) is 6.54 Å². The third-order valence-electron chi connectivity index (χ3n) is 4.49. The van der Waals surface area contributed by atoms with E-state index < -0.39 is 43.7 Å². The predicted molar refractivity (Wildman–Crippen MR) is 115 cm³/mol. The Balaban J connectivity index is 1.87. The Morgan fingerprint density at radius 3 is 2.31 bits per heavy atom. The number of aromatic nitrogens is 2. The van der Waals surface area contributed by atoms with Gasteiger partial charge in [-0.1, -0.05) is 23.7 Å². The maximum absolute atomic E-state index is 13.3. The summed E-state index contributed by atoms with van der Waals surface area (Å²) in [4.78, 5) is 8.89. The molecule has 0 amide bonds. The number of ether oxygens (including phenoxy) is 2. The van der Waals surface area contributed by atoms with Crippen LogP contribution in [0, 0.1) is 0 Å². The molecular formula is C22H17ClF7N3O3. The SMILES string of the molecule is OC(CN(Cc1cccc(OC(F)(F)C(F)F)c1)c1nccc(Oc2ccc(Cl)cc2)n1)C(F)(F)F. The fourth-order valence-electron chi connectivity index (χ4n) is 2.82. The van der Waals surface area contributed by atoms with Crippen molar-refractivity contribution in [1.82, 2.24) is 9.97 Å². The molecule has 0 radical (unpaired) electrons. The minimum absolute atomic E-state index is 0.0533. The van der Waals surface area contributed by atoms with Gasteiger partial charge in [0, 0.05) is 23.8 Å².